The molecule has 0 aromatic heterocycles. The van der Waals surface area contributed by atoms with Gasteiger partial charge in [0, 0.05) is 25.7 Å². The average Bonchev–Trinajstić information content (AvgIpc) is 2.66. The summed E-state index contributed by atoms with van der Waals surface area (Å²) in [5.74, 6) is 0.0291. The van der Waals surface area contributed by atoms with Crippen molar-refractivity contribution >= 4 is 21.8 Å². The second kappa shape index (κ2) is 8.76. The Morgan fingerprint density at radius 3 is 2.59 bits per heavy atom. The fraction of sp³-hybridized carbons (Fsp3) is 0.381. The van der Waals surface area contributed by atoms with Gasteiger partial charge in [-0.2, -0.15) is 0 Å². The number of hydrogen-bond acceptors (Lipinski definition) is 4. The highest BCUT2D eigenvalue weighted by atomic mass is 79.9. The normalized spacial score (nSPS) is 15.5. The van der Waals surface area contributed by atoms with E-state index in [0.717, 1.165) is 32.5 Å². The van der Waals surface area contributed by atoms with E-state index in [2.05, 4.69) is 50.4 Å². The van der Waals surface area contributed by atoms with E-state index >= 15 is 0 Å². The Morgan fingerprint density at radius 2 is 1.96 bits per heavy atom. The number of piperidine rings is 1. The Morgan fingerprint density at radius 1 is 1.30 bits per heavy atom. The van der Waals surface area contributed by atoms with Crippen LogP contribution in [0, 0.1) is 6.92 Å². The molecular weight excluding hydrogens is 408 g/mol. The van der Waals surface area contributed by atoms with Crippen molar-refractivity contribution in [1.82, 2.24) is 10.2 Å². The van der Waals surface area contributed by atoms with E-state index in [0.29, 0.717) is 15.8 Å². The van der Waals surface area contributed by atoms with Gasteiger partial charge >= 0.3 is 0 Å². The molecule has 1 saturated heterocycles. The fourth-order valence-electron chi connectivity index (χ4n) is 3.49. The first-order chi connectivity index (χ1) is 13.0. The molecule has 6 heteroatoms. The largest absolute Gasteiger partial charge is 0.507 e. The summed E-state index contributed by atoms with van der Waals surface area (Å²) in [6.45, 7) is 4.56. The molecule has 0 unspecified atom stereocenters. The first-order valence-corrected chi connectivity index (χ1v) is 9.92. The molecule has 0 radical (unpaired) electrons. The highest BCUT2D eigenvalue weighted by Crippen LogP contribution is 2.37. The van der Waals surface area contributed by atoms with Crippen LogP contribution in [0.25, 0.3) is 0 Å². The number of carbonyl (C=O) groups excluding carboxylic acids is 1. The summed E-state index contributed by atoms with van der Waals surface area (Å²) in [7, 11) is 1.49. The monoisotopic (exact) mass is 432 g/mol. The topological polar surface area (TPSA) is 61.8 Å². The fourth-order valence-corrected chi connectivity index (χ4v) is 4.20. The molecule has 1 heterocycles. The van der Waals surface area contributed by atoms with Crippen molar-refractivity contribution in [2.24, 2.45) is 0 Å². The molecule has 2 aromatic rings. The number of nitrogens with one attached hydrogen (secondary N) is 1. The minimum absolute atomic E-state index is 0.0333. The minimum atomic E-state index is -0.296. The van der Waals surface area contributed by atoms with Crippen LogP contribution in [0.2, 0.25) is 0 Å². The highest BCUT2D eigenvalue weighted by molar-refractivity contribution is 9.10. The molecule has 0 saturated carbocycles. The molecule has 144 valence electrons. The van der Waals surface area contributed by atoms with Gasteiger partial charge in [-0.1, -0.05) is 30.3 Å². The number of amides is 1. The van der Waals surface area contributed by atoms with Crippen molar-refractivity contribution in [3.05, 3.63) is 57.6 Å². The first kappa shape index (κ1) is 19.7. The highest BCUT2D eigenvalue weighted by Gasteiger charge is 2.26. The number of phenols is 1. The third-order valence-electron chi connectivity index (χ3n) is 5.00. The van der Waals surface area contributed by atoms with Gasteiger partial charge in [0.1, 0.15) is 17.1 Å². The molecule has 1 amide bonds. The van der Waals surface area contributed by atoms with Gasteiger partial charge in [0.2, 0.25) is 0 Å². The molecule has 0 bridgehead atoms. The molecule has 2 N–H and O–H groups in total. The van der Waals surface area contributed by atoms with Crippen LogP contribution in [0.3, 0.4) is 0 Å². The number of hydrogen-bond donors (Lipinski definition) is 2. The van der Waals surface area contributed by atoms with E-state index in [-0.39, 0.29) is 23.3 Å². The number of likely N-dealkylation sites (tertiary alicyclic amines) is 1. The minimum Gasteiger partial charge on any atom is -0.507 e. The van der Waals surface area contributed by atoms with Gasteiger partial charge < -0.3 is 15.2 Å². The molecule has 1 aliphatic rings. The molecule has 3 rings (SSSR count). The Bertz CT molecular complexity index is 803. The number of aromatic hydroxyl groups is 1. The quantitative estimate of drug-likeness (QED) is 0.752. The van der Waals surface area contributed by atoms with Crippen LogP contribution in [0.5, 0.6) is 11.5 Å². The molecule has 1 aliphatic heterocycles. The second-order valence-corrected chi connectivity index (χ2v) is 7.80. The Labute approximate surface area is 168 Å². The molecule has 1 fully saturated rings. The lowest BCUT2D eigenvalue weighted by Crippen LogP contribution is -2.44. The Hall–Kier alpha value is -2.05. The van der Waals surface area contributed by atoms with Gasteiger partial charge in [0.15, 0.2) is 0 Å². The van der Waals surface area contributed by atoms with Crippen LogP contribution >= 0.6 is 15.9 Å². The van der Waals surface area contributed by atoms with E-state index < -0.39 is 0 Å². The molecule has 0 aliphatic carbocycles. The average molecular weight is 433 g/mol. The first-order valence-electron chi connectivity index (χ1n) is 9.12. The zero-order valence-electron chi connectivity index (χ0n) is 15.7. The maximum Gasteiger partial charge on any atom is 0.259 e. The van der Waals surface area contributed by atoms with Crippen molar-refractivity contribution in [1.29, 1.82) is 0 Å². The van der Waals surface area contributed by atoms with Gasteiger partial charge in [-0.15, -0.1) is 0 Å². The summed E-state index contributed by atoms with van der Waals surface area (Å²) >= 11 is 3.40. The standard InChI is InChI=1S/C21H25BrN2O3/c1-14-12-17(22)20(27-2)18(19(14)25)21(26)23-16-8-10-24(11-9-16)13-15-6-4-3-5-7-15/h3-7,12,16,25H,8-11,13H2,1-2H3,(H,23,26). The number of ether oxygens (including phenoxy) is 1. The van der Waals surface area contributed by atoms with Crippen molar-refractivity contribution in [3.8, 4) is 11.5 Å². The van der Waals surface area contributed by atoms with Crippen LogP contribution in [-0.4, -0.2) is 42.2 Å². The van der Waals surface area contributed by atoms with Crippen LogP contribution < -0.4 is 10.1 Å². The molecule has 0 spiro atoms. The number of nitrogens with zero attached hydrogens (tertiary/aromatic N) is 1. The van der Waals surface area contributed by atoms with Gasteiger partial charge in [0.05, 0.1) is 11.6 Å². The predicted molar refractivity (Wildman–Crippen MR) is 109 cm³/mol. The van der Waals surface area contributed by atoms with E-state index in [1.54, 1.807) is 13.0 Å². The van der Waals surface area contributed by atoms with E-state index in [4.69, 9.17) is 4.74 Å². The van der Waals surface area contributed by atoms with Crippen molar-refractivity contribution < 1.29 is 14.6 Å². The van der Waals surface area contributed by atoms with Crippen LogP contribution in [-0.2, 0) is 6.54 Å². The van der Waals surface area contributed by atoms with Crippen molar-refractivity contribution in [2.75, 3.05) is 20.2 Å². The lowest BCUT2D eigenvalue weighted by molar-refractivity contribution is 0.0902. The van der Waals surface area contributed by atoms with Crippen LogP contribution in [0.15, 0.2) is 40.9 Å². The number of carbonyl (C=O) groups is 1. The van der Waals surface area contributed by atoms with E-state index in [9.17, 15) is 9.90 Å². The zero-order chi connectivity index (χ0) is 19.4. The third kappa shape index (κ3) is 4.62. The summed E-state index contributed by atoms with van der Waals surface area (Å²) in [5, 5.41) is 13.4. The number of halogens is 1. The lowest BCUT2D eigenvalue weighted by Gasteiger charge is -2.32. The zero-order valence-corrected chi connectivity index (χ0v) is 17.3. The summed E-state index contributed by atoms with van der Waals surface area (Å²) in [4.78, 5) is 15.2. The predicted octanol–water partition coefficient (Wildman–Crippen LogP) is 3.87. The summed E-state index contributed by atoms with van der Waals surface area (Å²) in [6.07, 6.45) is 1.77. The van der Waals surface area contributed by atoms with Crippen LogP contribution in [0.4, 0.5) is 0 Å². The van der Waals surface area contributed by atoms with Crippen molar-refractivity contribution in [3.63, 3.8) is 0 Å². The molecule has 2 aromatic carbocycles. The molecular formula is C21H25BrN2O3. The van der Waals surface area contributed by atoms with Gasteiger partial charge in [-0.3, -0.25) is 9.69 Å². The van der Waals surface area contributed by atoms with Crippen molar-refractivity contribution in [2.45, 2.75) is 32.4 Å². The van der Waals surface area contributed by atoms with E-state index in [1.165, 1.54) is 12.7 Å². The van der Waals surface area contributed by atoms with Gasteiger partial charge in [0.25, 0.3) is 5.91 Å². The summed E-state index contributed by atoms with van der Waals surface area (Å²) in [6, 6.07) is 12.3. The second-order valence-electron chi connectivity index (χ2n) is 6.94. The SMILES string of the molecule is COc1c(Br)cc(C)c(O)c1C(=O)NC1CCN(Cc2ccccc2)CC1. The molecule has 0 atom stereocenters. The Balaban J connectivity index is 1.62. The maximum atomic E-state index is 12.8. The maximum absolute atomic E-state index is 12.8. The smallest absolute Gasteiger partial charge is 0.259 e. The molecule has 27 heavy (non-hydrogen) atoms. The third-order valence-corrected chi connectivity index (χ3v) is 5.59. The lowest BCUT2D eigenvalue weighted by atomic mass is 10.0. The summed E-state index contributed by atoms with van der Waals surface area (Å²) in [5.41, 5.74) is 2.13. The van der Waals surface area contributed by atoms with Gasteiger partial charge in [-0.25, -0.2) is 0 Å². The number of phenolic OH excluding ortho intramolecular Hbond substituents is 1. The summed E-state index contributed by atoms with van der Waals surface area (Å²) < 4.78 is 5.99. The molecule has 5 nitrogen and oxygen atoms in total. The number of methoxy groups -OCH3 is 1. The number of rotatable bonds is 5. The van der Waals surface area contributed by atoms with E-state index in [1.807, 2.05) is 6.07 Å². The Kier molecular flexibility index (Phi) is 6.39. The van der Waals surface area contributed by atoms with Gasteiger partial charge in [-0.05, 0) is 52.9 Å². The number of benzene rings is 2. The van der Waals surface area contributed by atoms with Crippen LogP contribution in [0.1, 0.15) is 34.3 Å². The number of aryl methyl sites for hydroxylation is 1.